The zero-order chi connectivity index (χ0) is 12.3. The molecule has 0 unspecified atom stereocenters. The van der Waals surface area contributed by atoms with E-state index in [4.69, 9.17) is 0 Å². The van der Waals surface area contributed by atoms with Gasteiger partial charge in [-0.2, -0.15) is 0 Å². The molecule has 0 aromatic carbocycles. The van der Waals surface area contributed by atoms with E-state index in [-0.39, 0.29) is 12.5 Å². The smallest absolute Gasteiger partial charge is 0.268 e. The fraction of sp³-hybridized carbons (Fsp3) is 0.583. The van der Waals surface area contributed by atoms with Crippen LogP contribution in [0.5, 0.6) is 0 Å². The van der Waals surface area contributed by atoms with Crippen LogP contribution in [0.4, 0.5) is 0 Å². The van der Waals surface area contributed by atoms with Gasteiger partial charge >= 0.3 is 0 Å². The number of rotatable bonds is 3. The summed E-state index contributed by atoms with van der Waals surface area (Å²) in [5, 5.41) is 12.5. The van der Waals surface area contributed by atoms with E-state index in [9.17, 15) is 9.90 Å². The molecular formula is C12H17BrN2O2. The second-order valence-electron chi connectivity index (χ2n) is 4.68. The Kier molecular flexibility index (Phi) is 3.89. The Labute approximate surface area is 109 Å². The van der Waals surface area contributed by atoms with E-state index in [0.717, 1.165) is 30.2 Å². The topological polar surface area (TPSA) is 65.1 Å². The number of carbonyl (C=O) groups excluding carboxylic acids is 1. The SMILES string of the molecule is O=C(NC1(CO)CCCCC1)c1cc(Br)c[nH]1. The quantitative estimate of drug-likeness (QED) is 0.801. The highest BCUT2D eigenvalue weighted by molar-refractivity contribution is 9.10. The van der Waals surface area contributed by atoms with Gasteiger partial charge in [0.1, 0.15) is 5.69 Å². The van der Waals surface area contributed by atoms with E-state index in [0.29, 0.717) is 5.69 Å². The van der Waals surface area contributed by atoms with Gasteiger partial charge in [-0.15, -0.1) is 0 Å². The molecule has 0 saturated heterocycles. The highest BCUT2D eigenvalue weighted by Gasteiger charge is 2.33. The van der Waals surface area contributed by atoms with E-state index < -0.39 is 5.54 Å². The Balaban J connectivity index is 2.05. The molecule has 0 bridgehead atoms. The molecule has 94 valence electrons. The van der Waals surface area contributed by atoms with Crippen LogP contribution in [-0.4, -0.2) is 28.1 Å². The first-order valence-corrected chi connectivity index (χ1v) is 6.72. The first-order valence-electron chi connectivity index (χ1n) is 5.92. The number of hydrogen-bond donors (Lipinski definition) is 3. The summed E-state index contributed by atoms with van der Waals surface area (Å²) in [7, 11) is 0. The van der Waals surface area contributed by atoms with Crippen molar-refractivity contribution in [2.75, 3.05) is 6.61 Å². The minimum absolute atomic E-state index is 0.0145. The molecule has 17 heavy (non-hydrogen) atoms. The van der Waals surface area contributed by atoms with E-state index >= 15 is 0 Å². The lowest BCUT2D eigenvalue weighted by molar-refractivity contribution is 0.0754. The molecule has 1 amide bonds. The Morgan fingerprint density at radius 3 is 2.71 bits per heavy atom. The molecule has 1 aromatic rings. The Hall–Kier alpha value is -0.810. The third-order valence-corrected chi connectivity index (χ3v) is 3.84. The Morgan fingerprint density at radius 2 is 2.18 bits per heavy atom. The van der Waals surface area contributed by atoms with E-state index in [1.165, 1.54) is 6.42 Å². The lowest BCUT2D eigenvalue weighted by Gasteiger charge is -2.36. The highest BCUT2D eigenvalue weighted by Crippen LogP contribution is 2.28. The summed E-state index contributed by atoms with van der Waals surface area (Å²) in [6, 6.07) is 1.74. The van der Waals surface area contributed by atoms with Gasteiger partial charge in [-0.1, -0.05) is 19.3 Å². The molecular weight excluding hydrogens is 284 g/mol. The number of aliphatic hydroxyl groups excluding tert-OH is 1. The minimum Gasteiger partial charge on any atom is -0.394 e. The summed E-state index contributed by atoms with van der Waals surface area (Å²) in [5.74, 6) is -0.147. The minimum atomic E-state index is -0.424. The van der Waals surface area contributed by atoms with Crippen molar-refractivity contribution in [2.24, 2.45) is 0 Å². The molecule has 1 heterocycles. The molecule has 1 aliphatic rings. The predicted octanol–water partition coefficient (Wildman–Crippen LogP) is 2.20. The maximum atomic E-state index is 12.0. The van der Waals surface area contributed by atoms with Crippen molar-refractivity contribution in [2.45, 2.75) is 37.6 Å². The van der Waals surface area contributed by atoms with Crippen molar-refractivity contribution < 1.29 is 9.90 Å². The average Bonchev–Trinajstić information content (AvgIpc) is 2.77. The third kappa shape index (κ3) is 2.90. The molecule has 5 heteroatoms. The monoisotopic (exact) mass is 300 g/mol. The Bertz CT molecular complexity index is 397. The van der Waals surface area contributed by atoms with Crippen molar-refractivity contribution in [3.05, 3.63) is 22.4 Å². The van der Waals surface area contributed by atoms with Gasteiger partial charge in [-0.25, -0.2) is 0 Å². The predicted molar refractivity (Wildman–Crippen MR) is 68.9 cm³/mol. The molecule has 0 radical (unpaired) electrons. The van der Waals surface area contributed by atoms with Crippen LogP contribution in [0.1, 0.15) is 42.6 Å². The number of aliphatic hydroxyl groups is 1. The molecule has 1 aromatic heterocycles. The van der Waals surface area contributed by atoms with Gasteiger partial charge in [0.05, 0.1) is 12.1 Å². The van der Waals surface area contributed by atoms with Crippen LogP contribution < -0.4 is 5.32 Å². The molecule has 0 aliphatic heterocycles. The van der Waals surface area contributed by atoms with Gasteiger partial charge in [0, 0.05) is 10.7 Å². The van der Waals surface area contributed by atoms with Crippen molar-refractivity contribution >= 4 is 21.8 Å². The number of amides is 1. The highest BCUT2D eigenvalue weighted by atomic mass is 79.9. The molecule has 1 fully saturated rings. The lowest BCUT2D eigenvalue weighted by atomic mass is 9.82. The van der Waals surface area contributed by atoms with Crippen LogP contribution in [0.15, 0.2) is 16.7 Å². The fourth-order valence-corrected chi connectivity index (χ4v) is 2.70. The number of aromatic amines is 1. The standard InChI is InChI=1S/C12H17BrN2O2/c13-9-6-10(14-7-9)11(17)15-12(8-16)4-2-1-3-5-12/h6-7,14,16H,1-5,8H2,(H,15,17). The lowest BCUT2D eigenvalue weighted by Crippen LogP contribution is -2.52. The fourth-order valence-electron chi connectivity index (χ4n) is 2.36. The van der Waals surface area contributed by atoms with Gasteiger partial charge in [-0.05, 0) is 34.8 Å². The van der Waals surface area contributed by atoms with Crippen LogP contribution in [0.3, 0.4) is 0 Å². The summed E-state index contributed by atoms with van der Waals surface area (Å²) >= 11 is 3.30. The number of hydrogen-bond acceptors (Lipinski definition) is 2. The number of H-pyrrole nitrogens is 1. The zero-order valence-electron chi connectivity index (χ0n) is 9.63. The second kappa shape index (κ2) is 5.23. The summed E-state index contributed by atoms with van der Waals surface area (Å²) < 4.78 is 0.851. The largest absolute Gasteiger partial charge is 0.394 e. The number of carbonyl (C=O) groups is 1. The number of aromatic nitrogens is 1. The first-order chi connectivity index (χ1) is 8.15. The van der Waals surface area contributed by atoms with Crippen molar-refractivity contribution in [3.63, 3.8) is 0 Å². The van der Waals surface area contributed by atoms with Crippen molar-refractivity contribution in [1.29, 1.82) is 0 Å². The van der Waals surface area contributed by atoms with Gasteiger partial charge in [0.2, 0.25) is 0 Å². The van der Waals surface area contributed by atoms with Crippen molar-refractivity contribution in [1.82, 2.24) is 10.3 Å². The van der Waals surface area contributed by atoms with E-state index in [2.05, 4.69) is 26.2 Å². The Morgan fingerprint density at radius 1 is 1.47 bits per heavy atom. The number of nitrogens with one attached hydrogen (secondary N) is 2. The molecule has 0 atom stereocenters. The normalized spacial score (nSPS) is 18.9. The molecule has 0 spiro atoms. The molecule has 3 N–H and O–H groups in total. The second-order valence-corrected chi connectivity index (χ2v) is 5.60. The zero-order valence-corrected chi connectivity index (χ0v) is 11.2. The van der Waals surface area contributed by atoms with Crippen LogP contribution in [0.2, 0.25) is 0 Å². The van der Waals surface area contributed by atoms with E-state index in [1.54, 1.807) is 12.3 Å². The maximum absolute atomic E-state index is 12.0. The maximum Gasteiger partial charge on any atom is 0.268 e. The molecule has 1 saturated carbocycles. The van der Waals surface area contributed by atoms with Gasteiger partial charge in [-0.3, -0.25) is 4.79 Å². The van der Waals surface area contributed by atoms with Gasteiger partial charge in [0.15, 0.2) is 0 Å². The van der Waals surface area contributed by atoms with Gasteiger partial charge < -0.3 is 15.4 Å². The summed E-state index contributed by atoms with van der Waals surface area (Å²) in [5.41, 5.74) is 0.0997. The summed E-state index contributed by atoms with van der Waals surface area (Å²) in [6.45, 7) is 0.0145. The number of halogens is 1. The molecule has 2 rings (SSSR count). The molecule has 1 aliphatic carbocycles. The molecule has 4 nitrogen and oxygen atoms in total. The third-order valence-electron chi connectivity index (χ3n) is 3.38. The van der Waals surface area contributed by atoms with Crippen LogP contribution in [0.25, 0.3) is 0 Å². The van der Waals surface area contributed by atoms with Crippen molar-refractivity contribution in [3.8, 4) is 0 Å². The van der Waals surface area contributed by atoms with Crippen LogP contribution >= 0.6 is 15.9 Å². The average molecular weight is 301 g/mol. The van der Waals surface area contributed by atoms with Crippen LogP contribution in [0, 0.1) is 0 Å². The van der Waals surface area contributed by atoms with Gasteiger partial charge in [0.25, 0.3) is 5.91 Å². The summed E-state index contributed by atoms with van der Waals surface area (Å²) in [4.78, 5) is 14.9. The summed E-state index contributed by atoms with van der Waals surface area (Å²) in [6.07, 6.45) is 6.76. The first kappa shape index (κ1) is 12.6. The van der Waals surface area contributed by atoms with Crippen LogP contribution in [-0.2, 0) is 0 Å². The van der Waals surface area contributed by atoms with E-state index in [1.807, 2.05) is 0 Å².